The summed E-state index contributed by atoms with van der Waals surface area (Å²) in [6.07, 6.45) is 5.35. The highest BCUT2D eigenvalue weighted by molar-refractivity contribution is 6.42. The van der Waals surface area contributed by atoms with Gasteiger partial charge >= 0.3 is 0 Å². The van der Waals surface area contributed by atoms with Crippen LogP contribution in [0.1, 0.15) is 36.2 Å². The molecule has 0 radical (unpaired) electrons. The molecule has 0 saturated carbocycles. The lowest BCUT2D eigenvalue weighted by molar-refractivity contribution is -0.133. The van der Waals surface area contributed by atoms with E-state index in [1.54, 1.807) is 12.5 Å². The monoisotopic (exact) mass is 337 g/mol. The van der Waals surface area contributed by atoms with Crippen LogP contribution in [0.5, 0.6) is 0 Å². The molecule has 1 aromatic heterocycles. The fourth-order valence-corrected chi connectivity index (χ4v) is 3.32. The predicted molar refractivity (Wildman–Crippen MR) is 87.2 cm³/mol. The molecule has 0 fully saturated rings. The molecule has 1 aliphatic heterocycles. The number of carbonyl (C=O) groups is 1. The Morgan fingerprint density at radius 2 is 2.18 bits per heavy atom. The Labute approximate surface area is 139 Å². The van der Waals surface area contributed by atoms with Gasteiger partial charge in [-0.2, -0.15) is 0 Å². The molecule has 0 bridgehead atoms. The van der Waals surface area contributed by atoms with Crippen LogP contribution in [-0.4, -0.2) is 27.3 Å². The number of fused-ring (bicyclic) bond motifs is 1. The lowest BCUT2D eigenvalue weighted by Gasteiger charge is -2.35. The first kappa shape index (κ1) is 15.4. The van der Waals surface area contributed by atoms with Gasteiger partial charge in [0.05, 0.1) is 22.4 Å². The molecule has 6 heteroatoms. The number of hydrogen-bond acceptors (Lipinski definition) is 2. The van der Waals surface area contributed by atoms with Gasteiger partial charge in [-0.1, -0.05) is 23.2 Å². The minimum atomic E-state index is 0.0211. The van der Waals surface area contributed by atoms with Gasteiger partial charge in [-0.15, -0.1) is 0 Å². The largest absolute Gasteiger partial charge is 0.348 e. The zero-order valence-corrected chi connectivity index (χ0v) is 13.8. The van der Waals surface area contributed by atoms with E-state index in [-0.39, 0.29) is 11.9 Å². The van der Waals surface area contributed by atoms with Gasteiger partial charge in [0, 0.05) is 24.9 Å². The van der Waals surface area contributed by atoms with Crippen LogP contribution in [0, 0.1) is 0 Å². The second-order valence-corrected chi connectivity index (χ2v) is 6.37. The van der Waals surface area contributed by atoms with Gasteiger partial charge in [-0.3, -0.25) is 4.79 Å². The topological polar surface area (TPSA) is 49.0 Å². The first-order valence-electron chi connectivity index (χ1n) is 7.31. The van der Waals surface area contributed by atoms with Gasteiger partial charge in [0.25, 0.3) is 0 Å². The Hall–Kier alpha value is -1.52. The van der Waals surface area contributed by atoms with Crippen LogP contribution in [0.3, 0.4) is 0 Å². The Bertz CT molecular complexity index is 685. The molecule has 1 amide bonds. The van der Waals surface area contributed by atoms with E-state index in [1.165, 1.54) is 5.56 Å². The molecule has 0 saturated heterocycles. The molecular formula is C16H17Cl2N3O. The van der Waals surface area contributed by atoms with Gasteiger partial charge in [-0.05, 0) is 43.0 Å². The number of imidazole rings is 1. The number of benzene rings is 1. The zero-order valence-electron chi connectivity index (χ0n) is 12.3. The third kappa shape index (κ3) is 2.99. The van der Waals surface area contributed by atoms with E-state index in [4.69, 9.17) is 23.2 Å². The summed E-state index contributed by atoms with van der Waals surface area (Å²) in [5.74, 6) is 0.152. The highest BCUT2D eigenvalue weighted by atomic mass is 35.5. The molecule has 0 spiro atoms. The van der Waals surface area contributed by atoms with E-state index < -0.39 is 0 Å². The quantitative estimate of drug-likeness (QED) is 0.926. The molecule has 3 rings (SSSR count). The maximum absolute atomic E-state index is 12.5. The van der Waals surface area contributed by atoms with Crippen molar-refractivity contribution < 1.29 is 4.79 Å². The summed E-state index contributed by atoms with van der Waals surface area (Å²) in [5, 5.41) is 1.12. The number of aryl methyl sites for hydroxylation is 1. The first-order chi connectivity index (χ1) is 10.6. The molecule has 1 aliphatic rings. The van der Waals surface area contributed by atoms with Crippen LogP contribution in [0.15, 0.2) is 24.7 Å². The molecule has 2 heterocycles. The number of rotatable bonds is 3. The van der Waals surface area contributed by atoms with E-state index in [1.807, 2.05) is 24.0 Å². The smallest absolute Gasteiger partial charge is 0.223 e. The average Bonchev–Trinajstić information content (AvgIpc) is 3.01. The van der Waals surface area contributed by atoms with Gasteiger partial charge in [0.15, 0.2) is 0 Å². The molecule has 1 atom stereocenters. The third-order valence-corrected chi connectivity index (χ3v) is 4.93. The Kier molecular flexibility index (Phi) is 4.41. The molecule has 1 aromatic carbocycles. The fraction of sp³-hybridized carbons (Fsp3) is 0.375. The summed E-state index contributed by atoms with van der Waals surface area (Å²) < 4.78 is 0. The summed E-state index contributed by atoms with van der Waals surface area (Å²) in [6, 6.07) is 3.83. The van der Waals surface area contributed by atoms with Crippen LogP contribution in [0.25, 0.3) is 0 Å². The molecule has 22 heavy (non-hydrogen) atoms. The van der Waals surface area contributed by atoms with Gasteiger partial charge in [0.1, 0.15) is 0 Å². The van der Waals surface area contributed by atoms with E-state index in [9.17, 15) is 4.79 Å². The summed E-state index contributed by atoms with van der Waals surface area (Å²) in [4.78, 5) is 21.4. The van der Waals surface area contributed by atoms with Crippen molar-refractivity contribution in [1.82, 2.24) is 14.9 Å². The average molecular weight is 338 g/mol. The standard InChI is InChI=1S/C16H17Cl2N3O/c1-10-13-7-15(18)14(17)6-11(13)4-5-21(10)16(22)3-2-12-8-19-9-20-12/h6-10H,2-5H2,1H3,(H,19,20)/t10-/m0/s1. The van der Waals surface area contributed by atoms with Gasteiger partial charge < -0.3 is 9.88 Å². The second-order valence-electron chi connectivity index (χ2n) is 5.56. The third-order valence-electron chi connectivity index (χ3n) is 4.21. The van der Waals surface area contributed by atoms with E-state index in [0.717, 1.165) is 17.7 Å². The highest BCUT2D eigenvalue weighted by Crippen LogP contribution is 2.35. The Morgan fingerprint density at radius 3 is 2.91 bits per heavy atom. The summed E-state index contributed by atoms with van der Waals surface area (Å²) in [7, 11) is 0. The van der Waals surface area contributed by atoms with Crippen LogP contribution < -0.4 is 0 Å². The summed E-state index contributed by atoms with van der Waals surface area (Å²) >= 11 is 12.2. The number of nitrogens with zero attached hydrogens (tertiary/aromatic N) is 2. The molecule has 4 nitrogen and oxygen atoms in total. The van der Waals surface area contributed by atoms with Crippen molar-refractivity contribution in [3.8, 4) is 0 Å². The van der Waals surface area contributed by atoms with Crippen LogP contribution >= 0.6 is 23.2 Å². The van der Waals surface area contributed by atoms with Crippen LogP contribution in [-0.2, 0) is 17.6 Å². The number of amides is 1. The molecule has 2 aromatic rings. The zero-order chi connectivity index (χ0) is 15.7. The number of aromatic amines is 1. The molecule has 116 valence electrons. The van der Waals surface area contributed by atoms with Gasteiger partial charge in [-0.25, -0.2) is 4.98 Å². The number of hydrogen-bond donors (Lipinski definition) is 1. The SMILES string of the molecule is C[C@H]1c2cc(Cl)c(Cl)cc2CCN1C(=O)CCc1cnc[nH]1. The summed E-state index contributed by atoms with van der Waals surface area (Å²) in [5.41, 5.74) is 3.25. The number of halogens is 2. The number of carbonyl (C=O) groups excluding carboxylic acids is 1. The highest BCUT2D eigenvalue weighted by Gasteiger charge is 2.28. The minimum Gasteiger partial charge on any atom is -0.348 e. The van der Waals surface area contributed by atoms with Crippen molar-refractivity contribution in [2.24, 2.45) is 0 Å². The molecular weight excluding hydrogens is 321 g/mol. The van der Waals surface area contributed by atoms with Crippen molar-refractivity contribution in [2.45, 2.75) is 32.2 Å². The number of aromatic nitrogens is 2. The minimum absolute atomic E-state index is 0.0211. The van der Waals surface area contributed by atoms with Crippen molar-refractivity contribution in [1.29, 1.82) is 0 Å². The maximum atomic E-state index is 12.5. The van der Waals surface area contributed by atoms with Crippen LogP contribution in [0.2, 0.25) is 10.0 Å². The summed E-state index contributed by atoms with van der Waals surface area (Å²) in [6.45, 7) is 2.75. The van der Waals surface area contributed by atoms with Crippen LogP contribution in [0.4, 0.5) is 0 Å². The molecule has 1 N–H and O–H groups in total. The van der Waals surface area contributed by atoms with E-state index in [2.05, 4.69) is 9.97 Å². The van der Waals surface area contributed by atoms with Gasteiger partial charge in [0.2, 0.25) is 5.91 Å². The van der Waals surface area contributed by atoms with Crippen molar-refractivity contribution in [3.63, 3.8) is 0 Å². The first-order valence-corrected chi connectivity index (χ1v) is 8.06. The fourth-order valence-electron chi connectivity index (χ4n) is 2.96. The Balaban J connectivity index is 1.73. The van der Waals surface area contributed by atoms with Crippen molar-refractivity contribution in [2.75, 3.05) is 6.54 Å². The maximum Gasteiger partial charge on any atom is 0.223 e. The molecule has 0 aliphatic carbocycles. The van der Waals surface area contributed by atoms with Crippen molar-refractivity contribution in [3.05, 3.63) is 51.5 Å². The predicted octanol–water partition coefficient (Wildman–Crippen LogP) is 3.80. The lowest BCUT2D eigenvalue weighted by atomic mass is 9.93. The van der Waals surface area contributed by atoms with E-state index >= 15 is 0 Å². The lowest BCUT2D eigenvalue weighted by Crippen LogP contribution is -2.39. The normalized spacial score (nSPS) is 17.4. The van der Waals surface area contributed by atoms with Crippen molar-refractivity contribution >= 4 is 29.1 Å². The number of H-pyrrole nitrogens is 1. The number of nitrogens with one attached hydrogen (secondary N) is 1. The Morgan fingerprint density at radius 1 is 1.41 bits per heavy atom. The van der Waals surface area contributed by atoms with E-state index in [0.29, 0.717) is 29.4 Å². The molecule has 0 unspecified atom stereocenters. The second kappa shape index (κ2) is 6.31.